The second-order valence-electron chi connectivity index (χ2n) is 5.32. The molecule has 6 nitrogen and oxygen atoms in total. The maximum Gasteiger partial charge on any atom is 0.241 e. The zero-order valence-electron chi connectivity index (χ0n) is 11.4. The van der Waals surface area contributed by atoms with Gasteiger partial charge in [-0.15, -0.1) is 0 Å². The molecule has 0 aromatic carbocycles. The summed E-state index contributed by atoms with van der Waals surface area (Å²) in [6.07, 6.45) is 3.36. The highest BCUT2D eigenvalue weighted by molar-refractivity contribution is 5.94. The van der Waals surface area contributed by atoms with Gasteiger partial charge in [0.15, 0.2) is 0 Å². The lowest BCUT2D eigenvalue weighted by Crippen LogP contribution is -2.45. The fourth-order valence-corrected chi connectivity index (χ4v) is 1.35. The smallest absolute Gasteiger partial charge is 0.241 e. The standard InChI is InChI=1S/C12H22N4O2/c1-12(2,3)10(13)11(17)15-9-7-14-16(8-9)5-6-18-4/h7-8,10H,5-6,13H2,1-4H3,(H,15,17)/t10-/m1/s1. The number of carbonyl (C=O) groups excluding carboxylic acids is 1. The Morgan fingerprint density at radius 3 is 2.83 bits per heavy atom. The van der Waals surface area contributed by atoms with Crippen LogP contribution >= 0.6 is 0 Å². The molecule has 1 amide bonds. The summed E-state index contributed by atoms with van der Waals surface area (Å²) in [5, 5.41) is 6.87. The van der Waals surface area contributed by atoms with Gasteiger partial charge in [0.1, 0.15) is 0 Å². The average Bonchev–Trinajstić information content (AvgIpc) is 2.71. The number of hydrogen-bond acceptors (Lipinski definition) is 4. The topological polar surface area (TPSA) is 82.2 Å². The predicted octanol–water partition coefficient (Wildman–Crippen LogP) is 0.841. The molecule has 1 rings (SSSR count). The average molecular weight is 254 g/mol. The fourth-order valence-electron chi connectivity index (χ4n) is 1.35. The van der Waals surface area contributed by atoms with Gasteiger partial charge in [-0.05, 0) is 5.41 Å². The van der Waals surface area contributed by atoms with Crippen molar-refractivity contribution in [3.05, 3.63) is 12.4 Å². The fraction of sp³-hybridized carbons (Fsp3) is 0.667. The van der Waals surface area contributed by atoms with E-state index in [1.807, 2.05) is 20.8 Å². The van der Waals surface area contributed by atoms with E-state index in [1.54, 1.807) is 24.2 Å². The summed E-state index contributed by atoms with van der Waals surface area (Å²) in [5.74, 6) is -0.200. The first-order valence-corrected chi connectivity index (χ1v) is 5.92. The molecule has 0 aliphatic rings. The maximum atomic E-state index is 11.9. The third-order valence-electron chi connectivity index (χ3n) is 2.64. The van der Waals surface area contributed by atoms with Crippen LogP contribution in [0.5, 0.6) is 0 Å². The van der Waals surface area contributed by atoms with Crippen LogP contribution in [0.15, 0.2) is 12.4 Å². The van der Waals surface area contributed by atoms with Gasteiger partial charge in [0.2, 0.25) is 5.91 Å². The molecule has 0 radical (unpaired) electrons. The van der Waals surface area contributed by atoms with Gasteiger partial charge in [0, 0.05) is 13.3 Å². The molecule has 18 heavy (non-hydrogen) atoms. The molecule has 0 saturated heterocycles. The summed E-state index contributed by atoms with van der Waals surface area (Å²) in [7, 11) is 1.63. The van der Waals surface area contributed by atoms with Crippen LogP contribution in [0.25, 0.3) is 0 Å². The van der Waals surface area contributed by atoms with Gasteiger partial charge in [0.25, 0.3) is 0 Å². The van der Waals surface area contributed by atoms with Gasteiger partial charge in [-0.25, -0.2) is 0 Å². The van der Waals surface area contributed by atoms with E-state index >= 15 is 0 Å². The van der Waals surface area contributed by atoms with E-state index in [0.29, 0.717) is 18.8 Å². The molecular formula is C12H22N4O2. The highest BCUT2D eigenvalue weighted by Gasteiger charge is 2.27. The van der Waals surface area contributed by atoms with Gasteiger partial charge in [-0.2, -0.15) is 5.10 Å². The van der Waals surface area contributed by atoms with Crippen molar-refractivity contribution in [2.45, 2.75) is 33.4 Å². The lowest BCUT2D eigenvalue weighted by molar-refractivity contribution is -0.119. The van der Waals surface area contributed by atoms with Crippen LogP contribution in [-0.4, -0.2) is 35.4 Å². The number of carbonyl (C=O) groups is 1. The third kappa shape index (κ3) is 4.12. The zero-order valence-corrected chi connectivity index (χ0v) is 11.4. The second kappa shape index (κ2) is 5.97. The highest BCUT2D eigenvalue weighted by atomic mass is 16.5. The van der Waals surface area contributed by atoms with Crippen LogP contribution in [0.4, 0.5) is 5.69 Å². The lowest BCUT2D eigenvalue weighted by atomic mass is 9.87. The number of nitrogens with two attached hydrogens (primary N) is 1. The minimum absolute atomic E-state index is 0.200. The van der Waals surface area contributed by atoms with Crippen molar-refractivity contribution in [2.24, 2.45) is 11.1 Å². The molecule has 0 aliphatic carbocycles. The van der Waals surface area contributed by atoms with Crippen LogP contribution in [-0.2, 0) is 16.1 Å². The van der Waals surface area contributed by atoms with Crippen LogP contribution in [0.1, 0.15) is 20.8 Å². The molecule has 0 aliphatic heterocycles. The van der Waals surface area contributed by atoms with Crippen LogP contribution in [0.3, 0.4) is 0 Å². The number of aromatic nitrogens is 2. The summed E-state index contributed by atoms with van der Waals surface area (Å²) < 4.78 is 6.66. The van der Waals surface area contributed by atoms with Crippen molar-refractivity contribution >= 4 is 11.6 Å². The number of nitrogens with one attached hydrogen (secondary N) is 1. The number of ether oxygens (including phenoxy) is 1. The molecule has 1 atom stereocenters. The first-order chi connectivity index (χ1) is 8.34. The Hall–Kier alpha value is -1.40. The van der Waals surface area contributed by atoms with Gasteiger partial charge >= 0.3 is 0 Å². The van der Waals surface area contributed by atoms with Gasteiger partial charge < -0.3 is 15.8 Å². The van der Waals surface area contributed by atoms with Crippen LogP contribution < -0.4 is 11.1 Å². The lowest BCUT2D eigenvalue weighted by Gasteiger charge is -2.25. The Labute approximate surface area is 107 Å². The summed E-state index contributed by atoms with van der Waals surface area (Å²) in [6, 6.07) is -0.556. The Bertz CT molecular complexity index is 395. The Balaban J connectivity index is 2.57. The molecule has 1 aromatic heterocycles. The van der Waals surface area contributed by atoms with E-state index in [4.69, 9.17) is 10.5 Å². The Morgan fingerprint density at radius 2 is 2.28 bits per heavy atom. The molecule has 1 heterocycles. The largest absolute Gasteiger partial charge is 0.383 e. The van der Waals surface area contributed by atoms with E-state index in [2.05, 4.69) is 10.4 Å². The summed E-state index contributed by atoms with van der Waals surface area (Å²) in [4.78, 5) is 11.9. The quantitative estimate of drug-likeness (QED) is 0.815. The third-order valence-corrected chi connectivity index (χ3v) is 2.64. The summed E-state index contributed by atoms with van der Waals surface area (Å²) in [6.45, 7) is 7.02. The van der Waals surface area contributed by atoms with E-state index in [1.165, 1.54) is 0 Å². The van der Waals surface area contributed by atoms with Crippen LogP contribution in [0.2, 0.25) is 0 Å². The first-order valence-electron chi connectivity index (χ1n) is 5.92. The molecule has 3 N–H and O–H groups in total. The molecular weight excluding hydrogens is 232 g/mol. The molecule has 0 unspecified atom stereocenters. The van der Waals surface area contributed by atoms with Crippen molar-refractivity contribution in [1.29, 1.82) is 0 Å². The zero-order chi connectivity index (χ0) is 13.8. The Kier molecular flexibility index (Phi) is 4.86. The second-order valence-corrected chi connectivity index (χ2v) is 5.32. The number of hydrogen-bond donors (Lipinski definition) is 2. The molecule has 1 aromatic rings. The minimum Gasteiger partial charge on any atom is -0.383 e. The van der Waals surface area contributed by atoms with E-state index in [9.17, 15) is 4.79 Å². The van der Waals surface area contributed by atoms with Crippen molar-refractivity contribution in [1.82, 2.24) is 9.78 Å². The Morgan fingerprint density at radius 1 is 1.61 bits per heavy atom. The highest BCUT2D eigenvalue weighted by Crippen LogP contribution is 2.18. The maximum absolute atomic E-state index is 11.9. The molecule has 102 valence electrons. The normalized spacial score (nSPS) is 13.4. The summed E-state index contributed by atoms with van der Waals surface area (Å²) >= 11 is 0. The van der Waals surface area contributed by atoms with Gasteiger partial charge in [0.05, 0.1) is 31.1 Å². The van der Waals surface area contributed by atoms with Crippen molar-refractivity contribution < 1.29 is 9.53 Å². The monoisotopic (exact) mass is 254 g/mol. The minimum atomic E-state index is -0.556. The molecule has 6 heteroatoms. The van der Waals surface area contributed by atoms with Crippen molar-refractivity contribution in [3.8, 4) is 0 Å². The SMILES string of the molecule is COCCn1cc(NC(=O)[C@@H](N)C(C)(C)C)cn1. The van der Waals surface area contributed by atoms with Crippen molar-refractivity contribution in [3.63, 3.8) is 0 Å². The van der Waals surface area contributed by atoms with E-state index in [-0.39, 0.29) is 11.3 Å². The molecule has 0 saturated carbocycles. The van der Waals surface area contributed by atoms with E-state index in [0.717, 1.165) is 0 Å². The first kappa shape index (κ1) is 14.7. The number of methoxy groups -OCH3 is 1. The van der Waals surface area contributed by atoms with Crippen molar-refractivity contribution in [2.75, 3.05) is 19.0 Å². The van der Waals surface area contributed by atoms with E-state index < -0.39 is 6.04 Å². The number of nitrogens with zero attached hydrogens (tertiary/aromatic N) is 2. The number of amides is 1. The molecule has 0 spiro atoms. The predicted molar refractivity (Wildman–Crippen MR) is 70.2 cm³/mol. The van der Waals surface area contributed by atoms with Gasteiger partial charge in [-0.3, -0.25) is 9.48 Å². The van der Waals surface area contributed by atoms with Crippen LogP contribution in [0, 0.1) is 5.41 Å². The van der Waals surface area contributed by atoms with Gasteiger partial charge in [-0.1, -0.05) is 20.8 Å². The number of rotatable bonds is 5. The molecule has 0 bridgehead atoms. The molecule has 0 fully saturated rings. The summed E-state index contributed by atoms with van der Waals surface area (Å²) in [5.41, 5.74) is 6.25. The number of anilines is 1.